The van der Waals surface area contributed by atoms with Gasteiger partial charge in [-0.25, -0.2) is 9.97 Å². The number of aromatic nitrogens is 2. The number of carbonyl (C=O) groups is 1. The highest BCUT2D eigenvalue weighted by Crippen LogP contribution is 2.20. The van der Waals surface area contributed by atoms with Crippen LogP contribution >= 0.6 is 0 Å². The summed E-state index contributed by atoms with van der Waals surface area (Å²) in [5.74, 6) is -0.341. The summed E-state index contributed by atoms with van der Waals surface area (Å²) in [6, 6.07) is 6.81. The third-order valence-corrected chi connectivity index (χ3v) is 3.62. The predicted molar refractivity (Wildman–Crippen MR) is 101 cm³/mol. The molecular weight excluding hydrogens is 314 g/mol. The Bertz CT molecular complexity index is 811. The van der Waals surface area contributed by atoms with Crippen molar-refractivity contribution in [1.29, 1.82) is 0 Å². The number of ketones is 1. The molecule has 0 saturated carbocycles. The lowest BCUT2D eigenvalue weighted by atomic mass is 10.0. The number of aliphatic hydroxyl groups is 1. The molecule has 0 bridgehead atoms. The predicted octanol–water partition coefficient (Wildman–Crippen LogP) is 3.63. The molecule has 0 spiro atoms. The van der Waals surface area contributed by atoms with Crippen molar-refractivity contribution in [3.8, 4) is 0 Å². The molecular formula is C20H23N3O2. The van der Waals surface area contributed by atoms with Crippen LogP contribution in [0.15, 0.2) is 36.4 Å². The van der Waals surface area contributed by atoms with Crippen LogP contribution in [0.2, 0.25) is 0 Å². The minimum absolute atomic E-state index is 0.129. The smallest absolute Gasteiger partial charge is 0.215 e. The van der Waals surface area contributed by atoms with Gasteiger partial charge in [-0.05, 0) is 37.1 Å². The number of allylic oxidation sites excluding steroid dienone is 2. The second-order valence-corrected chi connectivity index (χ2v) is 5.49. The first-order valence-corrected chi connectivity index (χ1v) is 8.36. The van der Waals surface area contributed by atoms with Crippen molar-refractivity contribution in [3.63, 3.8) is 0 Å². The Labute approximate surface area is 147 Å². The molecule has 1 heterocycles. The number of anilines is 1. The lowest BCUT2D eigenvalue weighted by Crippen LogP contribution is -2.14. The van der Waals surface area contributed by atoms with Crippen LogP contribution < -0.4 is 5.73 Å². The Kier molecular flexibility index (Phi) is 6.60. The quantitative estimate of drug-likeness (QED) is 0.595. The second-order valence-electron chi connectivity index (χ2n) is 5.49. The minimum atomic E-state index is -0.369. The molecule has 0 aliphatic rings. The number of nitrogens with zero attached hydrogens (tertiary/aromatic N) is 2. The molecule has 0 atom stereocenters. The number of hydrogen-bond acceptors (Lipinski definition) is 5. The highest BCUT2D eigenvalue weighted by molar-refractivity contribution is 6.11. The normalized spacial score (nSPS) is 11.5. The average Bonchev–Trinajstić information content (AvgIpc) is 2.64. The van der Waals surface area contributed by atoms with Crippen molar-refractivity contribution in [2.45, 2.75) is 33.3 Å². The Morgan fingerprint density at radius 2 is 1.68 bits per heavy atom. The van der Waals surface area contributed by atoms with Crippen molar-refractivity contribution in [1.82, 2.24) is 9.97 Å². The summed E-state index contributed by atoms with van der Waals surface area (Å²) in [5, 5.41) is 9.67. The topological polar surface area (TPSA) is 89.1 Å². The number of carbonyl (C=O) groups excluding carboxylic acids is 1. The van der Waals surface area contributed by atoms with Gasteiger partial charge in [0.2, 0.25) is 5.78 Å². The summed E-state index contributed by atoms with van der Waals surface area (Å²) in [7, 11) is 0. The van der Waals surface area contributed by atoms with Gasteiger partial charge in [-0.3, -0.25) is 4.79 Å². The molecule has 1 aromatic heterocycles. The van der Waals surface area contributed by atoms with Gasteiger partial charge in [0, 0.05) is 11.3 Å². The monoisotopic (exact) mass is 337 g/mol. The number of nitrogen functional groups attached to an aromatic ring is 1. The zero-order valence-corrected chi connectivity index (χ0v) is 14.6. The van der Waals surface area contributed by atoms with Crippen LogP contribution in [-0.2, 0) is 6.61 Å². The molecule has 2 aromatic rings. The van der Waals surface area contributed by atoms with Crippen LogP contribution in [0.3, 0.4) is 0 Å². The van der Waals surface area contributed by atoms with Crippen molar-refractivity contribution in [3.05, 3.63) is 64.8 Å². The summed E-state index contributed by atoms with van der Waals surface area (Å²) in [6.07, 6.45) is 9.31. The molecule has 5 nitrogen and oxygen atoms in total. The Balaban J connectivity index is 2.60. The summed E-state index contributed by atoms with van der Waals surface area (Å²) in [5.41, 5.74) is 8.25. The molecule has 0 saturated heterocycles. The van der Waals surface area contributed by atoms with Crippen molar-refractivity contribution in [2.24, 2.45) is 0 Å². The van der Waals surface area contributed by atoms with Gasteiger partial charge in [0.25, 0.3) is 0 Å². The number of benzene rings is 1. The SMILES string of the molecule is CC/C=C/c1nc(CO)c(C(=O)c2ccccc2N)nc1/C=C/CC. The Morgan fingerprint density at radius 3 is 2.24 bits per heavy atom. The van der Waals surface area contributed by atoms with Gasteiger partial charge in [-0.1, -0.05) is 38.1 Å². The highest BCUT2D eigenvalue weighted by Gasteiger charge is 2.20. The fourth-order valence-electron chi connectivity index (χ4n) is 2.33. The summed E-state index contributed by atoms with van der Waals surface area (Å²) < 4.78 is 0. The molecule has 0 radical (unpaired) electrons. The Morgan fingerprint density at radius 1 is 1.08 bits per heavy atom. The van der Waals surface area contributed by atoms with Crippen molar-refractivity contribution < 1.29 is 9.90 Å². The number of para-hydroxylation sites is 1. The first-order chi connectivity index (χ1) is 12.1. The van der Waals surface area contributed by atoms with E-state index in [1.54, 1.807) is 24.3 Å². The fraction of sp³-hybridized carbons (Fsp3) is 0.250. The van der Waals surface area contributed by atoms with E-state index in [9.17, 15) is 9.90 Å². The number of rotatable bonds is 7. The molecule has 130 valence electrons. The van der Waals surface area contributed by atoms with Gasteiger partial charge >= 0.3 is 0 Å². The molecule has 25 heavy (non-hydrogen) atoms. The second kappa shape index (κ2) is 8.89. The van der Waals surface area contributed by atoms with Gasteiger partial charge in [-0.15, -0.1) is 0 Å². The van der Waals surface area contributed by atoms with Crippen LogP contribution in [0, 0.1) is 0 Å². The van der Waals surface area contributed by atoms with Gasteiger partial charge < -0.3 is 10.8 Å². The molecule has 0 aliphatic heterocycles. The molecule has 0 aliphatic carbocycles. The standard InChI is InChI=1S/C20H23N3O2/c1-3-5-11-16-17(12-6-4-2)23-19(18(13-24)22-16)20(25)14-9-7-8-10-15(14)21/h5-12,24H,3-4,13,21H2,1-2H3/b11-5+,12-6+. The summed E-state index contributed by atoms with van der Waals surface area (Å²) in [6.45, 7) is 3.67. The van der Waals surface area contributed by atoms with Crippen LogP contribution in [0.5, 0.6) is 0 Å². The maximum atomic E-state index is 12.9. The van der Waals surface area contributed by atoms with E-state index in [-0.39, 0.29) is 23.8 Å². The van der Waals surface area contributed by atoms with E-state index in [0.717, 1.165) is 12.8 Å². The van der Waals surface area contributed by atoms with Crippen LogP contribution in [-0.4, -0.2) is 20.9 Å². The van der Waals surface area contributed by atoms with Crippen molar-refractivity contribution in [2.75, 3.05) is 5.73 Å². The lowest BCUT2D eigenvalue weighted by molar-refractivity contribution is 0.103. The number of hydrogen-bond donors (Lipinski definition) is 2. The summed E-state index contributed by atoms with van der Waals surface area (Å²) >= 11 is 0. The van der Waals surface area contributed by atoms with E-state index in [1.165, 1.54) is 0 Å². The van der Waals surface area contributed by atoms with E-state index < -0.39 is 0 Å². The van der Waals surface area contributed by atoms with Gasteiger partial charge in [0.05, 0.1) is 23.7 Å². The molecule has 0 fully saturated rings. The molecule has 0 unspecified atom stereocenters. The van der Waals surface area contributed by atoms with Crippen molar-refractivity contribution >= 4 is 23.6 Å². The fourth-order valence-corrected chi connectivity index (χ4v) is 2.33. The van der Waals surface area contributed by atoms with E-state index >= 15 is 0 Å². The first-order valence-electron chi connectivity index (χ1n) is 8.36. The van der Waals surface area contributed by atoms with E-state index in [2.05, 4.69) is 9.97 Å². The molecule has 2 rings (SSSR count). The third-order valence-electron chi connectivity index (χ3n) is 3.62. The largest absolute Gasteiger partial charge is 0.398 e. The average molecular weight is 337 g/mol. The molecule has 5 heteroatoms. The summed E-state index contributed by atoms with van der Waals surface area (Å²) in [4.78, 5) is 21.8. The lowest BCUT2D eigenvalue weighted by Gasteiger charge is -2.10. The van der Waals surface area contributed by atoms with E-state index in [1.807, 2.05) is 38.2 Å². The molecule has 1 aromatic carbocycles. The van der Waals surface area contributed by atoms with Gasteiger partial charge in [0.15, 0.2) is 0 Å². The third kappa shape index (κ3) is 4.39. The molecule has 3 N–H and O–H groups in total. The van der Waals surface area contributed by atoms with E-state index in [0.29, 0.717) is 22.6 Å². The Hall–Kier alpha value is -2.79. The maximum Gasteiger partial charge on any atom is 0.215 e. The molecule has 0 amide bonds. The van der Waals surface area contributed by atoms with Gasteiger partial charge in [-0.2, -0.15) is 0 Å². The van der Waals surface area contributed by atoms with Crippen LogP contribution in [0.4, 0.5) is 5.69 Å². The number of nitrogens with two attached hydrogens (primary N) is 1. The zero-order valence-electron chi connectivity index (χ0n) is 14.6. The van der Waals surface area contributed by atoms with E-state index in [4.69, 9.17) is 5.73 Å². The maximum absolute atomic E-state index is 12.9. The minimum Gasteiger partial charge on any atom is -0.398 e. The zero-order chi connectivity index (χ0) is 18.2. The van der Waals surface area contributed by atoms with Crippen LogP contribution in [0.25, 0.3) is 12.2 Å². The first kappa shape index (κ1) is 18.5. The van der Waals surface area contributed by atoms with Gasteiger partial charge in [0.1, 0.15) is 5.69 Å². The highest BCUT2D eigenvalue weighted by atomic mass is 16.3. The number of aliphatic hydroxyl groups excluding tert-OH is 1. The van der Waals surface area contributed by atoms with Crippen LogP contribution in [0.1, 0.15) is 59.8 Å².